The Kier molecular flexibility index (Phi) is 25.0. The van der Waals surface area contributed by atoms with E-state index in [0.717, 1.165) is 0 Å². The van der Waals surface area contributed by atoms with Gasteiger partial charge in [0.05, 0.1) is 0 Å². The van der Waals surface area contributed by atoms with Crippen molar-refractivity contribution in [1.29, 1.82) is 0 Å². The smallest absolute Gasteiger partial charge is 0.841 e. The second-order valence-corrected chi connectivity index (χ2v) is 4.69. The first-order chi connectivity index (χ1) is 7.93. The predicted octanol–water partition coefficient (Wildman–Crippen LogP) is -2.24. The summed E-state index contributed by atoms with van der Waals surface area (Å²) in [4.78, 5) is 4.83. The fourth-order valence-corrected chi connectivity index (χ4v) is 0. The van der Waals surface area contributed by atoms with Crippen molar-refractivity contribution in [2.45, 2.75) is 39.5 Å². The number of hydrogen-bond donors (Lipinski definition) is 0. The van der Waals surface area contributed by atoms with Gasteiger partial charge in [-0.05, 0) is 42.3 Å². The summed E-state index contributed by atoms with van der Waals surface area (Å²) < 4.78 is 0. The van der Waals surface area contributed by atoms with E-state index >= 15 is 0 Å². The minimum atomic E-state index is -0.565. The maximum Gasteiger partial charge on any atom is 3.00 e. The first-order valence-electron chi connectivity index (χ1n) is 5.90. The average Bonchev–Trinajstić information content (AvgIpc) is 2.18. The van der Waals surface area contributed by atoms with Crippen LogP contribution in [0.4, 0.5) is 0 Å². The topological polar surface area (TPSA) is 78.9 Å². The molecule has 0 amide bonds. The largest absolute Gasteiger partial charge is 3.00 e. The third kappa shape index (κ3) is 32.4. The average molecular weight is 353 g/mol. The first kappa shape index (κ1) is 28.1. The molecule has 0 rings (SSSR count). The summed E-state index contributed by atoms with van der Waals surface area (Å²) in [6.45, 7) is 4.83. The van der Waals surface area contributed by atoms with E-state index in [-0.39, 0.29) is 32.7 Å². The molecular formula is C12H30N3O3Y. The van der Waals surface area contributed by atoms with Crippen LogP contribution < -0.4 is 15.3 Å². The van der Waals surface area contributed by atoms with Gasteiger partial charge < -0.3 is 30.0 Å². The van der Waals surface area contributed by atoms with Gasteiger partial charge in [-0.3, -0.25) is 0 Å². The number of hydrogen-bond acceptors (Lipinski definition) is 6. The minimum Gasteiger partial charge on any atom is -0.841 e. The molecule has 3 atom stereocenters. The fourth-order valence-electron chi connectivity index (χ4n) is 0. The Morgan fingerprint density at radius 2 is 0.579 bits per heavy atom. The second-order valence-electron chi connectivity index (χ2n) is 4.69. The van der Waals surface area contributed by atoms with Crippen molar-refractivity contribution >= 4 is 0 Å². The van der Waals surface area contributed by atoms with Crippen LogP contribution in [-0.4, -0.2) is 75.7 Å². The molecule has 0 aromatic carbocycles. The van der Waals surface area contributed by atoms with Gasteiger partial charge in [0.2, 0.25) is 0 Å². The van der Waals surface area contributed by atoms with Gasteiger partial charge in [0.1, 0.15) is 0 Å². The van der Waals surface area contributed by atoms with Gasteiger partial charge in [-0.25, -0.2) is 0 Å². The third-order valence-corrected chi connectivity index (χ3v) is 2.18. The van der Waals surface area contributed by atoms with E-state index in [0.29, 0.717) is 0 Å². The molecule has 0 N–H and O–H groups in total. The Hall–Kier alpha value is 0.864. The van der Waals surface area contributed by atoms with Gasteiger partial charge in [0.25, 0.3) is 0 Å². The van der Waals surface area contributed by atoms with Crippen molar-refractivity contribution in [2.75, 3.05) is 42.3 Å². The zero-order valence-electron chi connectivity index (χ0n) is 13.9. The Labute approximate surface area is 144 Å². The Morgan fingerprint density at radius 1 is 0.526 bits per heavy atom. The van der Waals surface area contributed by atoms with Crippen LogP contribution in [0.2, 0.25) is 0 Å². The van der Waals surface area contributed by atoms with Gasteiger partial charge in [0.15, 0.2) is 0 Å². The summed E-state index contributed by atoms with van der Waals surface area (Å²) in [6.07, 6.45) is -1.69. The first-order valence-corrected chi connectivity index (χ1v) is 5.90. The van der Waals surface area contributed by atoms with Crippen LogP contribution in [0.1, 0.15) is 20.8 Å². The zero-order chi connectivity index (χ0) is 15.5. The van der Waals surface area contributed by atoms with E-state index in [9.17, 15) is 15.3 Å². The van der Waals surface area contributed by atoms with E-state index in [4.69, 9.17) is 0 Å². The molecule has 0 saturated carbocycles. The summed E-state index contributed by atoms with van der Waals surface area (Å²) in [5.74, 6) is 0. The Bertz CT molecular complexity index is 120. The van der Waals surface area contributed by atoms with Crippen LogP contribution in [0.5, 0.6) is 0 Å². The molecule has 0 saturated heterocycles. The molecule has 0 aromatic heterocycles. The van der Waals surface area contributed by atoms with E-state index < -0.39 is 18.7 Å². The number of rotatable bonds is 3. The molecule has 0 fully saturated rings. The van der Waals surface area contributed by atoms with Crippen LogP contribution in [0.25, 0.3) is 0 Å². The standard InChI is InChI=1S/3C4H10NO.Y/c3*1-4(6)5(2)3;/h3*4H,1-3H3;/q3*-1;+3. The summed E-state index contributed by atoms with van der Waals surface area (Å²) in [5.41, 5.74) is 0. The summed E-state index contributed by atoms with van der Waals surface area (Å²) in [6, 6.07) is 0. The molecule has 0 radical (unpaired) electrons. The summed E-state index contributed by atoms with van der Waals surface area (Å²) >= 11 is 0. The molecule has 0 aliphatic rings. The van der Waals surface area contributed by atoms with Crippen LogP contribution in [0.15, 0.2) is 0 Å². The van der Waals surface area contributed by atoms with Gasteiger partial charge in [0, 0.05) is 0 Å². The molecule has 0 bridgehead atoms. The van der Waals surface area contributed by atoms with Crippen molar-refractivity contribution in [3.8, 4) is 0 Å². The van der Waals surface area contributed by atoms with Crippen molar-refractivity contribution in [2.24, 2.45) is 0 Å². The van der Waals surface area contributed by atoms with Crippen LogP contribution >= 0.6 is 0 Å². The van der Waals surface area contributed by atoms with Crippen molar-refractivity contribution in [3.63, 3.8) is 0 Å². The van der Waals surface area contributed by atoms with Crippen molar-refractivity contribution in [3.05, 3.63) is 0 Å². The van der Waals surface area contributed by atoms with E-state index in [2.05, 4.69) is 0 Å². The molecule has 0 spiro atoms. The van der Waals surface area contributed by atoms with Crippen LogP contribution in [0.3, 0.4) is 0 Å². The number of nitrogens with zero attached hydrogens (tertiary/aromatic N) is 3. The predicted molar refractivity (Wildman–Crippen MR) is 69.4 cm³/mol. The molecule has 0 heterocycles. The molecule has 0 aliphatic heterocycles. The molecule has 3 unspecified atom stereocenters. The quantitative estimate of drug-likeness (QED) is 0.534. The molecule has 7 heteroatoms. The van der Waals surface area contributed by atoms with Gasteiger partial charge in [-0.2, -0.15) is 0 Å². The van der Waals surface area contributed by atoms with Crippen LogP contribution in [-0.2, 0) is 32.7 Å². The Morgan fingerprint density at radius 3 is 0.579 bits per heavy atom. The van der Waals surface area contributed by atoms with Gasteiger partial charge >= 0.3 is 32.7 Å². The molecule has 0 aromatic rings. The molecular weight excluding hydrogens is 323 g/mol. The fraction of sp³-hybridized carbons (Fsp3) is 1.00. The summed E-state index contributed by atoms with van der Waals surface area (Å²) in [7, 11) is 10.6. The molecule has 6 nitrogen and oxygen atoms in total. The third-order valence-electron chi connectivity index (χ3n) is 2.18. The zero-order valence-corrected chi connectivity index (χ0v) is 16.7. The second kappa shape index (κ2) is 16.9. The molecule has 0 aliphatic carbocycles. The molecule has 114 valence electrons. The maximum absolute atomic E-state index is 10.2. The van der Waals surface area contributed by atoms with Gasteiger partial charge in [-0.1, -0.05) is 39.5 Å². The monoisotopic (exact) mass is 353 g/mol. The van der Waals surface area contributed by atoms with E-state index in [1.165, 1.54) is 0 Å². The Balaban J connectivity index is -0.0000000865. The SMILES string of the molecule is CC([O-])N(C)C.CC([O-])N(C)C.CC([O-])N(C)C.[Y+3]. The van der Waals surface area contributed by atoms with Gasteiger partial charge in [-0.15, -0.1) is 0 Å². The minimum absolute atomic E-state index is 0. The van der Waals surface area contributed by atoms with E-state index in [1.54, 1.807) is 77.8 Å². The normalized spacial score (nSPS) is 14.7. The van der Waals surface area contributed by atoms with Crippen LogP contribution in [0, 0.1) is 0 Å². The van der Waals surface area contributed by atoms with E-state index in [1.807, 2.05) is 0 Å². The molecule has 19 heavy (non-hydrogen) atoms. The van der Waals surface area contributed by atoms with Crippen molar-refractivity contribution in [1.82, 2.24) is 14.7 Å². The summed E-state index contributed by atoms with van der Waals surface area (Å²) in [5, 5.41) is 30.5. The van der Waals surface area contributed by atoms with Crippen molar-refractivity contribution < 1.29 is 48.0 Å². The maximum atomic E-state index is 10.2.